The Morgan fingerprint density at radius 2 is 1.66 bits per heavy atom. The number of likely N-dealkylation sites (tertiary alicyclic amines) is 1. The molecule has 0 aliphatic carbocycles. The van der Waals surface area contributed by atoms with E-state index in [4.69, 9.17) is 23.2 Å². The van der Waals surface area contributed by atoms with Gasteiger partial charge < -0.3 is 26.0 Å². The predicted molar refractivity (Wildman–Crippen MR) is 161 cm³/mol. The van der Waals surface area contributed by atoms with Gasteiger partial charge in [0.05, 0.1) is 15.6 Å². The summed E-state index contributed by atoms with van der Waals surface area (Å²) in [5.41, 5.74) is -1.65. The van der Waals surface area contributed by atoms with Crippen molar-refractivity contribution in [1.82, 2.24) is 25.5 Å². The van der Waals surface area contributed by atoms with Crippen LogP contribution in [0, 0.1) is 0 Å². The molecule has 44 heavy (non-hydrogen) atoms. The Morgan fingerprint density at radius 3 is 2.25 bits per heavy atom. The smallest absolute Gasteiger partial charge is 0.346 e. The Labute approximate surface area is 261 Å². The molecule has 0 saturated carbocycles. The van der Waals surface area contributed by atoms with Gasteiger partial charge in [0.1, 0.15) is 17.4 Å². The minimum Gasteiger partial charge on any atom is -0.480 e. The van der Waals surface area contributed by atoms with Crippen LogP contribution in [0.15, 0.2) is 59.5 Å². The number of Topliss-reactive ketones (excluding diaryl/α,β-unsaturated/α-hetero) is 1. The minimum absolute atomic E-state index is 0.0457. The largest absolute Gasteiger partial charge is 0.480 e. The molecule has 13 nitrogen and oxygen atoms in total. The number of aliphatic carboxylic acids is 1. The summed E-state index contributed by atoms with van der Waals surface area (Å²) < 4.78 is 0. The van der Waals surface area contributed by atoms with Crippen LogP contribution in [0.5, 0.6) is 0 Å². The Balaban J connectivity index is 1.46. The fraction of sp³-hybridized carbons (Fsp3) is 0.276. The van der Waals surface area contributed by atoms with Crippen LogP contribution in [0.1, 0.15) is 46.0 Å². The SMILES string of the molecule is CC(=O)C1(NC(=O)NC(Cc2cnc(=O)[nH]c2NC(=O)c2c(Cl)cccc2Cl)C(=O)O)CCN(C(=O)c2ccccc2)CC1. The monoisotopic (exact) mass is 642 g/mol. The first-order valence-electron chi connectivity index (χ1n) is 13.4. The average molecular weight is 643 g/mol. The van der Waals surface area contributed by atoms with E-state index in [0.29, 0.717) is 5.56 Å². The van der Waals surface area contributed by atoms with Crippen molar-refractivity contribution in [1.29, 1.82) is 0 Å². The van der Waals surface area contributed by atoms with Crippen LogP contribution < -0.4 is 21.6 Å². The third-order valence-electron chi connectivity index (χ3n) is 7.30. The van der Waals surface area contributed by atoms with Crippen LogP contribution in [0.3, 0.4) is 0 Å². The number of carboxylic acid groups (broad SMARTS) is 1. The highest BCUT2D eigenvalue weighted by atomic mass is 35.5. The number of amides is 4. The van der Waals surface area contributed by atoms with Crippen LogP contribution in [-0.4, -0.2) is 74.2 Å². The molecule has 0 spiro atoms. The number of rotatable bonds is 9. The second kappa shape index (κ2) is 13.7. The number of carbonyl (C=O) groups excluding carboxylic acids is 4. The number of benzene rings is 2. The minimum atomic E-state index is -1.56. The molecule has 2 heterocycles. The first-order chi connectivity index (χ1) is 20.9. The van der Waals surface area contributed by atoms with Gasteiger partial charge in [-0.2, -0.15) is 0 Å². The van der Waals surface area contributed by atoms with Gasteiger partial charge in [-0.05, 0) is 44.0 Å². The number of urea groups is 1. The zero-order chi connectivity index (χ0) is 32.0. The van der Waals surface area contributed by atoms with Crippen molar-refractivity contribution in [2.45, 2.75) is 37.8 Å². The van der Waals surface area contributed by atoms with Gasteiger partial charge in [0.2, 0.25) is 0 Å². The number of aromatic nitrogens is 2. The van der Waals surface area contributed by atoms with Gasteiger partial charge in [0.15, 0.2) is 5.78 Å². The highest BCUT2D eigenvalue weighted by Crippen LogP contribution is 2.27. The number of anilines is 1. The molecule has 1 aromatic heterocycles. The van der Waals surface area contributed by atoms with Crippen molar-refractivity contribution < 1.29 is 29.1 Å². The number of nitrogens with one attached hydrogen (secondary N) is 4. The van der Waals surface area contributed by atoms with Gasteiger partial charge in [-0.15, -0.1) is 0 Å². The first-order valence-corrected chi connectivity index (χ1v) is 14.2. The van der Waals surface area contributed by atoms with Gasteiger partial charge in [0, 0.05) is 36.8 Å². The molecular weight excluding hydrogens is 615 g/mol. The maximum atomic E-state index is 13.0. The van der Waals surface area contributed by atoms with E-state index in [-0.39, 0.29) is 64.6 Å². The maximum absolute atomic E-state index is 13.0. The molecule has 230 valence electrons. The topological polar surface area (TPSA) is 191 Å². The van der Waals surface area contributed by atoms with E-state index >= 15 is 0 Å². The van der Waals surface area contributed by atoms with Crippen LogP contribution in [0.4, 0.5) is 10.6 Å². The normalized spacial score (nSPS) is 14.7. The summed E-state index contributed by atoms with van der Waals surface area (Å²) in [5, 5.41) is 17.4. The van der Waals surface area contributed by atoms with Gasteiger partial charge in [-0.1, -0.05) is 47.5 Å². The standard InChI is InChI=1S/C29H28Cl2N6O7/c1-16(38)29(10-12-37(13-11-29)25(40)17-6-3-2-4-7-17)36-28(44)33-21(26(41)42)14-18-15-32-27(43)35-23(18)34-24(39)22-19(30)8-5-9-20(22)31/h2-9,15,21H,10-14H2,1H3,(H,41,42)(H2,33,36,44)(H2,32,34,35,39,43). The molecule has 1 aliphatic heterocycles. The second-order valence-corrected chi connectivity index (χ2v) is 10.9. The molecule has 4 amide bonds. The fourth-order valence-electron chi connectivity index (χ4n) is 4.83. The maximum Gasteiger partial charge on any atom is 0.346 e. The Bertz CT molecular complexity index is 1640. The Kier molecular flexibility index (Phi) is 10.0. The predicted octanol–water partition coefficient (Wildman–Crippen LogP) is 2.89. The van der Waals surface area contributed by atoms with E-state index in [1.54, 1.807) is 41.3 Å². The van der Waals surface area contributed by atoms with Crippen molar-refractivity contribution in [3.8, 4) is 0 Å². The molecule has 1 aliphatic rings. The molecular formula is C29H28Cl2N6O7. The number of hydrogen-bond acceptors (Lipinski definition) is 7. The number of H-pyrrole nitrogens is 1. The number of ketones is 1. The van der Waals surface area contributed by atoms with Crippen LogP contribution in [0.2, 0.25) is 10.0 Å². The summed E-state index contributed by atoms with van der Waals surface area (Å²) >= 11 is 12.2. The molecule has 0 bridgehead atoms. The number of carboxylic acids is 1. The van der Waals surface area contributed by atoms with Crippen LogP contribution in [0.25, 0.3) is 0 Å². The highest BCUT2D eigenvalue weighted by molar-refractivity contribution is 6.40. The molecule has 1 atom stereocenters. The number of carbonyl (C=O) groups is 5. The van der Waals surface area contributed by atoms with Crippen molar-refractivity contribution in [2.75, 3.05) is 18.4 Å². The Hall–Kier alpha value is -4.75. The molecule has 0 radical (unpaired) electrons. The van der Waals surface area contributed by atoms with Crippen molar-refractivity contribution in [3.63, 3.8) is 0 Å². The molecule has 4 rings (SSSR count). The molecule has 1 unspecified atom stereocenters. The van der Waals surface area contributed by atoms with Gasteiger partial charge >= 0.3 is 17.7 Å². The van der Waals surface area contributed by atoms with Crippen molar-refractivity contribution in [3.05, 3.63) is 91.9 Å². The summed E-state index contributed by atoms with van der Waals surface area (Å²) in [6.07, 6.45) is 0.896. The lowest BCUT2D eigenvalue weighted by Crippen LogP contribution is -2.63. The summed E-state index contributed by atoms with van der Waals surface area (Å²) in [6.45, 7) is 1.70. The molecule has 15 heteroatoms. The lowest BCUT2D eigenvalue weighted by molar-refractivity contribution is -0.139. The molecule has 3 aromatic rings. The summed E-state index contributed by atoms with van der Waals surface area (Å²) in [4.78, 5) is 83.1. The van der Waals surface area contributed by atoms with Crippen LogP contribution >= 0.6 is 23.2 Å². The summed E-state index contributed by atoms with van der Waals surface area (Å²) in [5.74, 6) is -2.93. The number of piperidine rings is 1. The third-order valence-corrected chi connectivity index (χ3v) is 7.93. The summed E-state index contributed by atoms with van der Waals surface area (Å²) in [6, 6.07) is 10.6. The van der Waals surface area contributed by atoms with E-state index in [1.807, 2.05) is 0 Å². The van der Waals surface area contributed by atoms with E-state index in [1.165, 1.54) is 19.1 Å². The second-order valence-electron chi connectivity index (χ2n) is 10.1. The molecule has 1 saturated heterocycles. The number of halogens is 2. The highest BCUT2D eigenvalue weighted by Gasteiger charge is 2.42. The average Bonchev–Trinajstić information content (AvgIpc) is 2.98. The van der Waals surface area contributed by atoms with Crippen molar-refractivity contribution in [2.24, 2.45) is 0 Å². The van der Waals surface area contributed by atoms with Crippen molar-refractivity contribution >= 4 is 58.6 Å². The number of hydrogen-bond donors (Lipinski definition) is 5. The van der Waals surface area contributed by atoms with E-state index in [0.717, 1.165) is 6.20 Å². The summed E-state index contributed by atoms with van der Waals surface area (Å²) in [7, 11) is 0. The van der Waals surface area contributed by atoms with Gasteiger partial charge in [-0.3, -0.25) is 19.4 Å². The van der Waals surface area contributed by atoms with Gasteiger partial charge in [0.25, 0.3) is 11.8 Å². The molecule has 5 N–H and O–H groups in total. The fourth-order valence-corrected chi connectivity index (χ4v) is 5.40. The first kappa shape index (κ1) is 32.2. The quantitative estimate of drug-likeness (QED) is 0.235. The zero-order valence-electron chi connectivity index (χ0n) is 23.4. The lowest BCUT2D eigenvalue weighted by Gasteiger charge is -2.40. The Morgan fingerprint density at radius 1 is 1.02 bits per heavy atom. The van der Waals surface area contributed by atoms with Crippen LogP contribution in [-0.2, 0) is 16.0 Å². The molecule has 2 aromatic carbocycles. The van der Waals surface area contributed by atoms with Gasteiger partial charge in [-0.25, -0.2) is 19.4 Å². The zero-order valence-corrected chi connectivity index (χ0v) is 24.9. The number of aromatic amines is 1. The van der Waals surface area contributed by atoms with E-state index < -0.39 is 41.6 Å². The lowest BCUT2D eigenvalue weighted by atomic mass is 9.84. The van der Waals surface area contributed by atoms with E-state index in [2.05, 4.69) is 25.9 Å². The molecule has 1 fully saturated rings. The van der Waals surface area contributed by atoms with E-state index in [9.17, 15) is 33.9 Å². The number of nitrogens with zero attached hydrogens (tertiary/aromatic N) is 2. The third kappa shape index (κ3) is 7.41.